The Kier molecular flexibility index (Phi) is 8.99. The molecule has 27 heavy (non-hydrogen) atoms. The Labute approximate surface area is 163 Å². The maximum Gasteiger partial charge on any atom is 0.123 e. The van der Waals surface area contributed by atoms with Gasteiger partial charge in [0.25, 0.3) is 0 Å². The molecule has 4 nitrogen and oxygen atoms in total. The Morgan fingerprint density at radius 2 is 1.37 bits per heavy atom. The summed E-state index contributed by atoms with van der Waals surface area (Å²) in [4.78, 5) is 0. The molecule has 0 saturated heterocycles. The lowest BCUT2D eigenvalue weighted by Crippen LogP contribution is -2.17. The van der Waals surface area contributed by atoms with Gasteiger partial charge in [0.15, 0.2) is 0 Å². The number of hydrogen-bond acceptors (Lipinski definition) is 4. The van der Waals surface area contributed by atoms with Gasteiger partial charge in [0, 0.05) is 12.1 Å². The molecule has 0 radical (unpaired) electrons. The summed E-state index contributed by atoms with van der Waals surface area (Å²) in [5, 5.41) is 3.49. The maximum absolute atomic E-state index is 5.64. The minimum absolute atomic E-state index is 0.776. The van der Waals surface area contributed by atoms with Gasteiger partial charge in [0.2, 0.25) is 0 Å². The van der Waals surface area contributed by atoms with Crippen molar-refractivity contribution in [3.05, 3.63) is 53.1 Å². The second-order valence-electron chi connectivity index (χ2n) is 6.67. The summed E-state index contributed by atoms with van der Waals surface area (Å²) in [6.45, 7) is 3.85. The predicted molar refractivity (Wildman–Crippen MR) is 111 cm³/mol. The summed E-state index contributed by atoms with van der Waals surface area (Å²) in [6, 6.07) is 12.4. The quantitative estimate of drug-likeness (QED) is 0.545. The van der Waals surface area contributed by atoms with E-state index in [1.807, 2.05) is 18.2 Å². The molecule has 1 N–H and O–H groups in total. The smallest absolute Gasteiger partial charge is 0.123 e. The van der Waals surface area contributed by atoms with E-state index in [9.17, 15) is 0 Å². The molecule has 0 saturated carbocycles. The Bertz CT molecular complexity index is 700. The molecule has 0 amide bonds. The maximum atomic E-state index is 5.64. The van der Waals surface area contributed by atoms with Crippen LogP contribution < -0.4 is 19.5 Å². The van der Waals surface area contributed by atoms with Crippen molar-refractivity contribution in [2.24, 2.45) is 0 Å². The third kappa shape index (κ3) is 6.17. The summed E-state index contributed by atoms with van der Waals surface area (Å²) in [5.41, 5.74) is 3.56. The van der Waals surface area contributed by atoms with Gasteiger partial charge >= 0.3 is 0 Å². The Hall–Kier alpha value is -2.20. The van der Waals surface area contributed by atoms with Crippen molar-refractivity contribution < 1.29 is 14.2 Å². The zero-order valence-electron chi connectivity index (χ0n) is 17.1. The van der Waals surface area contributed by atoms with Gasteiger partial charge < -0.3 is 19.5 Å². The van der Waals surface area contributed by atoms with Gasteiger partial charge in [0.05, 0.1) is 21.3 Å². The van der Waals surface area contributed by atoms with Crippen LogP contribution in [-0.4, -0.2) is 27.9 Å². The average molecular weight is 372 g/mol. The van der Waals surface area contributed by atoms with Crippen molar-refractivity contribution in [3.63, 3.8) is 0 Å². The molecular formula is C23H33NO3. The van der Waals surface area contributed by atoms with Gasteiger partial charge in [-0.3, -0.25) is 0 Å². The van der Waals surface area contributed by atoms with Crippen LogP contribution >= 0.6 is 0 Å². The van der Waals surface area contributed by atoms with E-state index in [0.717, 1.165) is 48.7 Å². The molecule has 0 aromatic heterocycles. The minimum atomic E-state index is 0.776. The zero-order valence-corrected chi connectivity index (χ0v) is 17.1. The van der Waals surface area contributed by atoms with Gasteiger partial charge in [-0.2, -0.15) is 0 Å². The first-order chi connectivity index (χ1) is 13.2. The predicted octanol–water partition coefficient (Wildman–Crippen LogP) is 4.78. The van der Waals surface area contributed by atoms with Crippen LogP contribution in [0, 0.1) is 0 Å². The SMILES string of the molecule is CCCCCc1cc(OC)c(CCNCc2ccccc2OC)cc1OC. The molecule has 0 heterocycles. The van der Waals surface area contributed by atoms with E-state index >= 15 is 0 Å². The van der Waals surface area contributed by atoms with E-state index in [1.54, 1.807) is 21.3 Å². The normalized spacial score (nSPS) is 10.7. The fourth-order valence-corrected chi connectivity index (χ4v) is 3.28. The average Bonchev–Trinajstić information content (AvgIpc) is 2.71. The van der Waals surface area contributed by atoms with Crippen LogP contribution in [0.15, 0.2) is 36.4 Å². The monoisotopic (exact) mass is 371 g/mol. The molecule has 0 atom stereocenters. The molecular weight excluding hydrogens is 338 g/mol. The van der Waals surface area contributed by atoms with Crippen molar-refractivity contribution in [2.45, 2.75) is 45.6 Å². The molecule has 0 unspecified atom stereocenters. The number of rotatable bonds is 12. The highest BCUT2D eigenvalue weighted by Gasteiger charge is 2.11. The van der Waals surface area contributed by atoms with Gasteiger partial charge in [-0.15, -0.1) is 0 Å². The number of para-hydroxylation sites is 1. The molecule has 148 valence electrons. The third-order valence-corrected chi connectivity index (χ3v) is 4.81. The van der Waals surface area contributed by atoms with Crippen molar-refractivity contribution >= 4 is 0 Å². The van der Waals surface area contributed by atoms with Gasteiger partial charge in [-0.1, -0.05) is 38.0 Å². The summed E-state index contributed by atoms with van der Waals surface area (Å²) in [6.07, 6.45) is 5.54. The number of methoxy groups -OCH3 is 3. The van der Waals surface area contributed by atoms with Crippen molar-refractivity contribution in [2.75, 3.05) is 27.9 Å². The fraction of sp³-hybridized carbons (Fsp3) is 0.478. The number of hydrogen-bond donors (Lipinski definition) is 1. The Morgan fingerprint density at radius 1 is 0.741 bits per heavy atom. The van der Waals surface area contributed by atoms with Crippen molar-refractivity contribution in [3.8, 4) is 17.2 Å². The highest BCUT2D eigenvalue weighted by molar-refractivity contribution is 5.47. The van der Waals surface area contributed by atoms with Crippen LogP contribution in [0.25, 0.3) is 0 Å². The standard InChI is InChI=1S/C23H33NO3/c1-5-6-7-10-18-15-23(27-4)19(16-22(18)26-3)13-14-24-17-20-11-8-9-12-21(20)25-2/h8-9,11-12,15-16,24H,5-7,10,13-14,17H2,1-4H3. The lowest BCUT2D eigenvalue weighted by atomic mass is 10.0. The van der Waals surface area contributed by atoms with Crippen LogP contribution in [0.3, 0.4) is 0 Å². The number of aryl methyl sites for hydroxylation is 1. The Balaban J connectivity index is 1.98. The van der Waals surface area contributed by atoms with Gasteiger partial charge in [-0.25, -0.2) is 0 Å². The number of benzene rings is 2. The number of ether oxygens (including phenoxy) is 3. The van der Waals surface area contributed by atoms with Gasteiger partial charge in [0.1, 0.15) is 17.2 Å². The summed E-state index contributed by atoms with van der Waals surface area (Å²) < 4.78 is 16.7. The van der Waals surface area contributed by atoms with Crippen LogP contribution in [0.1, 0.15) is 42.9 Å². The molecule has 0 fully saturated rings. The first kappa shape index (κ1) is 21.1. The first-order valence-electron chi connectivity index (χ1n) is 9.79. The lowest BCUT2D eigenvalue weighted by molar-refractivity contribution is 0.393. The molecule has 2 rings (SSSR count). The fourth-order valence-electron chi connectivity index (χ4n) is 3.28. The number of unbranched alkanes of at least 4 members (excludes halogenated alkanes) is 2. The van der Waals surface area contributed by atoms with E-state index in [-0.39, 0.29) is 0 Å². The second-order valence-corrected chi connectivity index (χ2v) is 6.67. The molecule has 2 aromatic carbocycles. The topological polar surface area (TPSA) is 39.7 Å². The molecule has 0 bridgehead atoms. The zero-order chi connectivity index (χ0) is 19.5. The number of nitrogens with one attached hydrogen (secondary N) is 1. The van der Waals surface area contributed by atoms with Gasteiger partial charge in [-0.05, 0) is 55.1 Å². The van der Waals surface area contributed by atoms with Crippen LogP contribution in [0.4, 0.5) is 0 Å². The van der Waals surface area contributed by atoms with E-state index in [4.69, 9.17) is 14.2 Å². The lowest BCUT2D eigenvalue weighted by Gasteiger charge is -2.15. The van der Waals surface area contributed by atoms with E-state index in [2.05, 4.69) is 30.4 Å². The van der Waals surface area contributed by atoms with Crippen LogP contribution in [0.5, 0.6) is 17.2 Å². The van der Waals surface area contributed by atoms with Crippen LogP contribution in [0.2, 0.25) is 0 Å². The highest BCUT2D eigenvalue weighted by Crippen LogP contribution is 2.30. The third-order valence-electron chi connectivity index (χ3n) is 4.81. The summed E-state index contributed by atoms with van der Waals surface area (Å²) in [7, 11) is 5.19. The Morgan fingerprint density at radius 3 is 2.00 bits per heavy atom. The second kappa shape index (κ2) is 11.5. The summed E-state index contributed by atoms with van der Waals surface area (Å²) >= 11 is 0. The largest absolute Gasteiger partial charge is 0.496 e. The van der Waals surface area contributed by atoms with E-state index in [1.165, 1.54) is 30.4 Å². The van der Waals surface area contributed by atoms with E-state index in [0.29, 0.717) is 0 Å². The minimum Gasteiger partial charge on any atom is -0.496 e. The summed E-state index contributed by atoms with van der Waals surface area (Å²) in [5.74, 6) is 2.83. The van der Waals surface area contributed by atoms with E-state index < -0.39 is 0 Å². The molecule has 0 aliphatic carbocycles. The molecule has 0 aliphatic heterocycles. The molecule has 2 aromatic rings. The van der Waals surface area contributed by atoms with Crippen LogP contribution in [-0.2, 0) is 19.4 Å². The molecule has 0 aliphatic rings. The van der Waals surface area contributed by atoms with Crippen molar-refractivity contribution in [1.29, 1.82) is 0 Å². The van der Waals surface area contributed by atoms with Crippen molar-refractivity contribution in [1.82, 2.24) is 5.32 Å². The molecule has 0 spiro atoms. The molecule has 4 heteroatoms. The first-order valence-corrected chi connectivity index (χ1v) is 9.79. The highest BCUT2D eigenvalue weighted by atomic mass is 16.5.